The Labute approximate surface area is 111 Å². The average molecular weight is 318 g/mol. The molecule has 0 saturated heterocycles. The van der Waals surface area contributed by atoms with Crippen molar-refractivity contribution in [2.75, 3.05) is 0 Å². The van der Waals surface area contributed by atoms with Crippen molar-refractivity contribution in [2.45, 2.75) is 5.38 Å². The third-order valence-corrected chi connectivity index (χ3v) is 3.32. The first kappa shape index (κ1) is 12.5. The molecule has 0 aliphatic carbocycles. The lowest BCUT2D eigenvalue weighted by atomic mass is 10.0. The van der Waals surface area contributed by atoms with Crippen LogP contribution in [0.25, 0.3) is 0 Å². The quantitative estimate of drug-likeness (QED) is 0.680. The van der Waals surface area contributed by atoms with Crippen LogP contribution in [-0.2, 0) is 0 Å². The molecular formula is C13H8BrClF2. The van der Waals surface area contributed by atoms with Gasteiger partial charge in [-0.1, -0.05) is 46.3 Å². The van der Waals surface area contributed by atoms with Gasteiger partial charge in [-0.25, -0.2) is 8.78 Å². The van der Waals surface area contributed by atoms with Crippen LogP contribution < -0.4 is 0 Å². The monoisotopic (exact) mass is 316 g/mol. The number of alkyl halides is 1. The van der Waals surface area contributed by atoms with E-state index >= 15 is 0 Å². The summed E-state index contributed by atoms with van der Waals surface area (Å²) in [6.45, 7) is 0. The Balaban J connectivity index is 2.48. The second-order valence-electron chi connectivity index (χ2n) is 3.56. The number of benzene rings is 2. The van der Waals surface area contributed by atoms with E-state index < -0.39 is 17.0 Å². The van der Waals surface area contributed by atoms with E-state index in [2.05, 4.69) is 15.9 Å². The van der Waals surface area contributed by atoms with Crippen LogP contribution >= 0.6 is 27.5 Å². The molecule has 0 saturated carbocycles. The Hall–Kier alpha value is -0.930. The summed E-state index contributed by atoms with van der Waals surface area (Å²) in [4.78, 5) is 0. The van der Waals surface area contributed by atoms with Gasteiger partial charge in [-0.2, -0.15) is 0 Å². The zero-order valence-electron chi connectivity index (χ0n) is 8.63. The summed E-state index contributed by atoms with van der Waals surface area (Å²) in [5.74, 6) is -1.30. The molecule has 2 aromatic rings. The van der Waals surface area contributed by atoms with Crippen molar-refractivity contribution in [3.63, 3.8) is 0 Å². The lowest BCUT2D eigenvalue weighted by Gasteiger charge is -2.12. The SMILES string of the molecule is Fc1cc(Br)cc(F)c1C(Cl)c1ccccc1. The van der Waals surface area contributed by atoms with E-state index in [0.29, 0.717) is 10.0 Å². The molecule has 17 heavy (non-hydrogen) atoms. The van der Waals surface area contributed by atoms with Gasteiger partial charge in [0.2, 0.25) is 0 Å². The van der Waals surface area contributed by atoms with E-state index in [4.69, 9.17) is 11.6 Å². The Morgan fingerprint density at radius 1 is 1.00 bits per heavy atom. The van der Waals surface area contributed by atoms with Crippen LogP contribution in [0.15, 0.2) is 46.9 Å². The summed E-state index contributed by atoms with van der Waals surface area (Å²) in [6.07, 6.45) is 0. The lowest BCUT2D eigenvalue weighted by molar-refractivity contribution is 0.557. The lowest BCUT2D eigenvalue weighted by Crippen LogP contribution is -2.01. The highest BCUT2D eigenvalue weighted by atomic mass is 79.9. The molecule has 88 valence electrons. The molecule has 2 rings (SSSR count). The molecule has 0 aliphatic heterocycles. The van der Waals surface area contributed by atoms with Crippen LogP contribution in [0, 0.1) is 11.6 Å². The fourth-order valence-electron chi connectivity index (χ4n) is 1.58. The zero-order valence-corrected chi connectivity index (χ0v) is 11.0. The molecule has 1 unspecified atom stereocenters. The molecule has 0 nitrogen and oxygen atoms in total. The van der Waals surface area contributed by atoms with Gasteiger partial charge in [0.1, 0.15) is 11.6 Å². The maximum absolute atomic E-state index is 13.7. The van der Waals surface area contributed by atoms with Crippen molar-refractivity contribution in [3.05, 3.63) is 69.7 Å². The van der Waals surface area contributed by atoms with Crippen LogP contribution in [0.2, 0.25) is 0 Å². The minimum Gasteiger partial charge on any atom is -0.206 e. The van der Waals surface area contributed by atoms with Gasteiger partial charge in [0.05, 0.1) is 5.38 Å². The average Bonchev–Trinajstić information content (AvgIpc) is 2.28. The van der Waals surface area contributed by atoms with Crippen molar-refractivity contribution < 1.29 is 8.78 Å². The smallest absolute Gasteiger partial charge is 0.132 e. The molecule has 4 heteroatoms. The van der Waals surface area contributed by atoms with Crippen LogP contribution in [0.4, 0.5) is 8.78 Å². The molecule has 2 aromatic carbocycles. The molecule has 0 amide bonds. The maximum atomic E-state index is 13.7. The summed E-state index contributed by atoms with van der Waals surface area (Å²) in [5, 5.41) is -0.829. The summed E-state index contributed by atoms with van der Waals surface area (Å²) >= 11 is 9.13. The van der Waals surface area contributed by atoms with Gasteiger partial charge in [0.25, 0.3) is 0 Å². The van der Waals surface area contributed by atoms with E-state index in [1.165, 1.54) is 12.1 Å². The van der Waals surface area contributed by atoms with E-state index in [1.54, 1.807) is 24.3 Å². The fraction of sp³-hybridized carbons (Fsp3) is 0.0769. The molecule has 0 aromatic heterocycles. The Bertz CT molecular complexity index is 505. The van der Waals surface area contributed by atoms with Gasteiger partial charge in [0.15, 0.2) is 0 Å². The summed E-state index contributed by atoms with van der Waals surface area (Å²) in [6, 6.07) is 11.3. The van der Waals surface area contributed by atoms with Crippen LogP contribution in [0.3, 0.4) is 0 Å². The molecule has 0 N–H and O–H groups in total. The predicted octanol–water partition coefficient (Wildman–Crippen LogP) is 5.06. The zero-order chi connectivity index (χ0) is 12.4. The van der Waals surface area contributed by atoms with E-state index in [0.717, 1.165) is 0 Å². The minimum atomic E-state index is -0.829. The first-order valence-corrected chi connectivity index (χ1v) is 6.16. The van der Waals surface area contributed by atoms with Crippen molar-refractivity contribution in [3.8, 4) is 0 Å². The number of hydrogen-bond acceptors (Lipinski definition) is 0. The second-order valence-corrected chi connectivity index (χ2v) is 4.91. The first-order chi connectivity index (χ1) is 8.09. The largest absolute Gasteiger partial charge is 0.206 e. The molecule has 0 radical (unpaired) electrons. The van der Waals surface area contributed by atoms with Gasteiger partial charge in [-0.15, -0.1) is 11.6 Å². The van der Waals surface area contributed by atoms with Gasteiger partial charge in [-0.05, 0) is 17.7 Å². The Morgan fingerprint density at radius 3 is 2.06 bits per heavy atom. The highest BCUT2D eigenvalue weighted by molar-refractivity contribution is 9.10. The molecule has 0 fully saturated rings. The van der Waals surface area contributed by atoms with E-state index in [9.17, 15) is 8.78 Å². The second kappa shape index (κ2) is 5.15. The van der Waals surface area contributed by atoms with Crippen LogP contribution in [0.5, 0.6) is 0 Å². The Kier molecular flexibility index (Phi) is 3.79. The third-order valence-electron chi connectivity index (χ3n) is 2.39. The van der Waals surface area contributed by atoms with Crippen molar-refractivity contribution in [1.82, 2.24) is 0 Å². The number of hydrogen-bond donors (Lipinski definition) is 0. The van der Waals surface area contributed by atoms with Gasteiger partial charge in [0, 0.05) is 10.0 Å². The summed E-state index contributed by atoms with van der Waals surface area (Å²) in [5.41, 5.74) is 0.537. The third kappa shape index (κ3) is 2.67. The highest BCUT2D eigenvalue weighted by Gasteiger charge is 2.20. The molecule has 1 atom stereocenters. The van der Waals surface area contributed by atoms with Gasteiger partial charge < -0.3 is 0 Å². The summed E-state index contributed by atoms with van der Waals surface area (Å²) < 4.78 is 27.7. The van der Waals surface area contributed by atoms with Crippen molar-refractivity contribution >= 4 is 27.5 Å². The predicted molar refractivity (Wildman–Crippen MR) is 68.2 cm³/mol. The topological polar surface area (TPSA) is 0 Å². The number of rotatable bonds is 2. The first-order valence-electron chi connectivity index (χ1n) is 4.93. The molecule has 0 spiro atoms. The normalized spacial score (nSPS) is 12.5. The van der Waals surface area contributed by atoms with Gasteiger partial charge in [-0.3, -0.25) is 0 Å². The van der Waals surface area contributed by atoms with E-state index in [-0.39, 0.29) is 5.56 Å². The maximum Gasteiger partial charge on any atom is 0.132 e. The van der Waals surface area contributed by atoms with Crippen molar-refractivity contribution in [1.29, 1.82) is 0 Å². The molecular weight excluding hydrogens is 309 g/mol. The van der Waals surface area contributed by atoms with Crippen LogP contribution in [0.1, 0.15) is 16.5 Å². The highest BCUT2D eigenvalue weighted by Crippen LogP contribution is 2.33. The number of halogens is 4. The summed E-state index contributed by atoms with van der Waals surface area (Å²) in [7, 11) is 0. The molecule has 0 aliphatic rings. The molecule has 0 bridgehead atoms. The molecule has 0 heterocycles. The van der Waals surface area contributed by atoms with Gasteiger partial charge >= 0.3 is 0 Å². The minimum absolute atomic E-state index is 0.124. The van der Waals surface area contributed by atoms with Crippen LogP contribution in [-0.4, -0.2) is 0 Å². The standard InChI is InChI=1S/C13H8BrClF2/c14-9-6-10(16)12(11(17)7-9)13(15)8-4-2-1-3-5-8/h1-7,13H. The fourth-order valence-corrected chi connectivity index (χ4v) is 2.34. The van der Waals surface area contributed by atoms with E-state index in [1.807, 2.05) is 6.07 Å². The Morgan fingerprint density at radius 2 is 1.53 bits per heavy atom. The van der Waals surface area contributed by atoms with Crippen molar-refractivity contribution in [2.24, 2.45) is 0 Å².